The Balaban J connectivity index is 1.86. The van der Waals surface area contributed by atoms with Crippen LogP contribution < -0.4 is 10.5 Å². The number of rotatable bonds is 7. The van der Waals surface area contributed by atoms with Crippen LogP contribution in [0.1, 0.15) is 57.6 Å². The maximum atomic E-state index is 10.4. The predicted molar refractivity (Wildman–Crippen MR) is 95.7 cm³/mol. The Bertz CT molecular complexity index is 468. The summed E-state index contributed by atoms with van der Waals surface area (Å²) in [5.41, 5.74) is 7.55. The monoisotopic (exact) mass is 320 g/mol. The van der Waals surface area contributed by atoms with E-state index in [4.69, 9.17) is 10.5 Å². The predicted octanol–water partition coefficient (Wildman–Crippen LogP) is 3.60. The zero-order chi connectivity index (χ0) is 16.7. The highest BCUT2D eigenvalue weighted by Gasteiger charge is 2.14. The second-order valence-electron chi connectivity index (χ2n) is 7.06. The van der Waals surface area contributed by atoms with Crippen LogP contribution in [0.4, 0.5) is 5.69 Å². The molecule has 23 heavy (non-hydrogen) atoms. The molecule has 1 aromatic rings. The molecule has 1 heterocycles. The molecule has 0 aliphatic carbocycles. The summed E-state index contributed by atoms with van der Waals surface area (Å²) in [6, 6.07) is 5.66. The van der Waals surface area contributed by atoms with E-state index in [1.807, 2.05) is 18.2 Å². The number of hydrogen-bond acceptors (Lipinski definition) is 4. The van der Waals surface area contributed by atoms with Gasteiger partial charge >= 0.3 is 0 Å². The number of hydrogen-bond donors (Lipinski definition) is 2. The van der Waals surface area contributed by atoms with Gasteiger partial charge in [0.2, 0.25) is 0 Å². The first-order valence-electron chi connectivity index (χ1n) is 8.99. The number of aliphatic hydroxyl groups excluding tert-OH is 1. The summed E-state index contributed by atoms with van der Waals surface area (Å²) in [5, 5.41) is 10.4. The molecular weight excluding hydrogens is 288 g/mol. The summed E-state index contributed by atoms with van der Waals surface area (Å²) in [7, 11) is 0. The number of benzene rings is 1. The topological polar surface area (TPSA) is 58.7 Å². The van der Waals surface area contributed by atoms with E-state index in [0.717, 1.165) is 31.6 Å². The molecule has 2 rings (SSSR count). The molecule has 3 N–H and O–H groups in total. The van der Waals surface area contributed by atoms with Gasteiger partial charge in [-0.15, -0.1) is 0 Å². The van der Waals surface area contributed by atoms with Gasteiger partial charge in [-0.25, -0.2) is 0 Å². The maximum Gasteiger partial charge on any atom is 0.142 e. The lowest BCUT2D eigenvalue weighted by atomic mass is 10.1. The van der Waals surface area contributed by atoms with Crippen LogP contribution in [-0.4, -0.2) is 36.2 Å². The van der Waals surface area contributed by atoms with Crippen molar-refractivity contribution in [2.75, 3.05) is 32.0 Å². The molecule has 1 fully saturated rings. The Kier molecular flexibility index (Phi) is 7.18. The van der Waals surface area contributed by atoms with Crippen LogP contribution in [0, 0.1) is 5.92 Å². The van der Waals surface area contributed by atoms with Gasteiger partial charge in [0.15, 0.2) is 0 Å². The second-order valence-corrected chi connectivity index (χ2v) is 7.06. The van der Waals surface area contributed by atoms with Crippen molar-refractivity contribution >= 4 is 5.69 Å². The molecule has 0 amide bonds. The standard InChI is InChI=1S/C19H32N2O2/c1-15(2)14-23-19-8-7-16(13-17(19)20)18(22)9-12-21-10-5-3-4-6-11-21/h7-8,13,15,18,22H,3-6,9-12,14,20H2,1-2H3. The highest BCUT2D eigenvalue weighted by atomic mass is 16.5. The van der Waals surface area contributed by atoms with Gasteiger partial charge in [0.1, 0.15) is 5.75 Å². The summed E-state index contributed by atoms with van der Waals surface area (Å²) in [4.78, 5) is 2.47. The summed E-state index contributed by atoms with van der Waals surface area (Å²) >= 11 is 0. The van der Waals surface area contributed by atoms with Crippen molar-refractivity contribution in [3.63, 3.8) is 0 Å². The normalized spacial score (nSPS) is 17.9. The molecule has 1 saturated heterocycles. The third-order valence-corrected chi connectivity index (χ3v) is 4.41. The summed E-state index contributed by atoms with van der Waals surface area (Å²) in [6.07, 6.45) is 5.54. The van der Waals surface area contributed by atoms with Crippen LogP contribution >= 0.6 is 0 Å². The minimum Gasteiger partial charge on any atom is -0.491 e. The highest BCUT2D eigenvalue weighted by molar-refractivity contribution is 5.54. The Hall–Kier alpha value is -1.26. The van der Waals surface area contributed by atoms with Gasteiger partial charge in [0.05, 0.1) is 18.4 Å². The summed E-state index contributed by atoms with van der Waals surface area (Å²) in [6.45, 7) is 8.15. The molecule has 130 valence electrons. The number of ether oxygens (including phenoxy) is 1. The van der Waals surface area contributed by atoms with Gasteiger partial charge in [-0.05, 0) is 56.0 Å². The Morgan fingerprint density at radius 2 is 1.87 bits per heavy atom. The molecule has 0 radical (unpaired) electrons. The van der Waals surface area contributed by atoms with Gasteiger partial charge in [-0.2, -0.15) is 0 Å². The van der Waals surface area contributed by atoms with E-state index in [2.05, 4.69) is 18.7 Å². The van der Waals surface area contributed by atoms with E-state index in [1.165, 1.54) is 25.7 Å². The number of aliphatic hydroxyl groups is 1. The maximum absolute atomic E-state index is 10.4. The average molecular weight is 320 g/mol. The van der Waals surface area contributed by atoms with E-state index < -0.39 is 6.10 Å². The SMILES string of the molecule is CC(C)COc1ccc(C(O)CCN2CCCCCC2)cc1N. The van der Waals surface area contributed by atoms with Gasteiger partial charge in [-0.3, -0.25) is 0 Å². The molecule has 1 unspecified atom stereocenters. The molecule has 0 saturated carbocycles. The Labute approximate surface area is 140 Å². The lowest BCUT2D eigenvalue weighted by Gasteiger charge is -2.22. The fraction of sp³-hybridized carbons (Fsp3) is 0.684. The van der Waals surface area contributed by atoms with E-state index in [9.17, 15) is 5.11 Å². The molecule has 0 bridgehead atoms. The van der Waals surface area contributed by atoms with Crippen molar-refractivity contribution < 1.29 is 9.84 Å². The second kappa shape index (κ2) is 9.14. The van der Waals surface area contributed by atoms with Gasteiger partial charge < -0.3 is 20.5 Å². The van der Waals surface area contributed by atoms with Crippen molar-refractivity contribution in [1.29, 1.82) is 0 Å². The van der Waals surface area contributed by atoms with Gasteiger partial charge in [0, 0.05) is 6.54 Å². The molecule has 1 atom stereocenters. The van der Waals surface area contributed by atoms with Crippen LogP contribution in [0.2, 0.25) is 0 Å². The van der Waals surface area contributed by atoms with Crippen LogP contribution in [0.5, 0.6) is 5.75 Å². The Morgan fingerprint density at radius 3 is 2.48 bits per heavy atom. The van der Waals surface area contributed by atoms with Crippen molar-refractivity contribution in [3.05, 3.63) is 23.8 Å². The quantitative estimate of drug-likeness (QED) is 0.754. The van der Waals surface area contributed by atoms with E-state index >= 15 is 0 Å². The van der Waals surface area contributed by atoms with E-state index in [-0.39, 0.29) is 0 Å². The van der Waals surface area contributed by atoms with Crippen LogP contribution in [0.3, 0.4) is 0 Å². The van der Waals surface area contributed by atoms with Crippen molar-refractivity contribution in [1.82, 2.24) is 4.90 Å². The number of nitrogens with zero attached hydrogens (tertiary/aromatic N) is 1. The number of nitrogen functional groups attached to an aromatic ring is 1. The van der Waals surface area contributed by atoms with Gasteiger partial charge in [0.25, 0.3) is 0 Å². The smallest absolute Gasteiger partial charge is 0.142 e. The van der Waals surface area contributed by atoms with Crippen molar-refractivity contribution in [2.24, 2.45) is 5.92 Å². The molecule has 1 aliphatic heterocycles. The van der Waals surface area contributed by atoms with E-state index in [1.54, 1.807) is 0 Å². The zero-order valence-electron chi connectivity index (χ0n) is 14.6. The number of nitrogens with two attached hydrogens (primary N) is 1. The lowest BCUT2D eigenvalue weighted by molar-refractivity contribution is 0.143. The first-order chi connectivity index (χ1) is 11.1. The number of anilines is 1. The van der Waals surface area contributed by atoms with E-state index in [0.29, 0.717) is 24.0 Å². The fourth-order valence-electron chi connectivity index (χ4n) is 2.99. The number of likely N-dealkylation sites (tertiary alicyclic amines) is 1. The lowest BCUT2D eigenvalue weighted by Crippen LogP contribution is -2.26. The average Bonchev–Trinajstić information content (AvgIpc) is 2.80. The molecule has 0 aromatic heterocycles. The molecule has 1 aliphatic rings. The molecular formula is C19H32N2O2. The minimum absolute atomic E-state index is 0.459. The summed E-state index contributed by atoms with van der Waals surface area (Å²) < 4.78 is 5.69. The van der Waals surface area contributed by atoms with Gasteiger partial charge in [-0.1, -0.05) is 32.8 Å². The molecule has 1 aromatic carbocycles. The third kappa shape index (κ3) is 6.04. The fourth-order valence-corrected chi connectivity index (χ4v) is 2.99. The first kappa shape index (κ1) is 18.1. The Morgan fingerprint density at radius 1 is 1.17 bits per heavy atom. The highest BCUT2D eigenvalue weighted by Crippen LogP contribution is 2.27. The van der Waals surface area contributed by atoms with Crippen LogP contribution in [0.25, 0.3) is 0 Å². The first-order valence-corrected chi connectivity index (χ1v) is 8.99. The van der Waals surface area contributed by atoms with Crippen molar-refractivity contribution in [2.45, 2.75) is 52.1 Å². The van der Waals surface area contributed by atoms with Crippen molar-refractivity contribution in [3.8, 4) is 5.75 Å². The molecule has 4 heteroatoms. The minimum atomic E-state index is -0.459. The van der Waals surface area contributed by atoms with Crippen LogP contribution in [-0.2, 0) is 0 Å². The third-order valence-electron chi connectivity index (χ3n) is 4.41. The molecule has 4 nitrogen and oxygen atoms in total. The van der Waals surface area contributed by atoms with Crippen LogP contribution in [0.15, 0.2) is 18.2 Å². The zero-order valence-corrected chi connectivity index (χ0v) is 14.6. The largest absolute Gasteiger partial charge is 0.491 e. The summed E-state index contributed by atoms with van der Waals surface area (Å²) in [5.74, 6) is 1.18. The molecule has 0 spiro atoms.